The molecule has 10 heteroatoms. The Labute approximate surface area is 148 Å². The maximum atomic E-state index is 12.8. The van der Waals surface area contributed by atoms with Crippen LogP contribution in [0, 0.1) is 0 Å². The van der Waals surface area contributed by atoms with E-state index in [2.05, 4.69) is 20.7 Å². The highest BCUT2D eigenvalue weighted by molar-refractivity contribution is 9.10. The molecule has 0 aliphatic heterocycles. The van der Waals surface area contributed by atoms with Gasteiger partial charge in [-0.1, -0.05) is 39.1 Å². The molecule has 124 valence electrons. The molecule has 0 aromatic heterocycles. The number of hydrogen-bond acceptors (Lipinski definition) is 2. The lowest BCUT2D eigenvalue weighted by molar-refractivity contribution is -0.137. The summed E-state index contributed by atoms with van der Waals surface area (Å²) in [6, 6.07) is 6.36. The molecule has 23 heavy (non-hydrogen) atoms. The predicted molar refractivity (Wildman–Crippen MR) is 86.4 cm³/mol. The third-order valence-corrected chi connectivity index (χ3v) is 5.24. The standard InChI is InChI=1S/C13H7BrCl2F3NO2S/c14-8-3-7(13(17,18)19)4-10(5-8)23(21,22)20-9-1-2-11(15)12(16)6-9/h1-6,20H. The van der Waals surface area contributed by atoms with Crippen LogP contribution < -0.4 is 4.72 Å². The van der Waals surface area contributed by atoms with Crippen molar-refractivity contribution in [2.75, 3.05) is 4.72 Å². The third kappa shape index (κ3) is 4.53. The van der Waals surface area contributed by atoms with Gasteiger partial charge in [0, 0.05) is 4.47 Å². The number of halogens is 6. The number of hydrogen-bond donors (Lipinski definition) is 1. The van der Waals surface area contributed by atoms with Gasteiger partial charge in [-0.2, -0.15) is 13.2 Å². The molecular weight excluding hydrogens is 442 g/mol. The van der Waals surface area contributed by atoms with Crippen molar-refractivity contribution in [2.24, 2.45) is 0 Å². The molecule has 0 atom stereocenters. The second-order valence-corrected chi connectivity index (χ2v) is 7.82. The zero-order valence-corrected chi connectivity index (χ0v) is 14.9. The Hall–Kier alpha value is -0.960. The molecule has 0 spiro atoms. The van der Waals surface area contributed by atoms with Crippen molar-refractivity contribution in [1.82, 2.24) is 0 Å². The van der Waals surface area contributed by atoms with Gasteiger partial charge in [0.2, 0.25) is 0 Å². The molecule has 1 N–H and O–H groups in total. The smallest absolute Gasteiger partial charge is 0.280 e. The van der Waals surface area contributed by atoms with Gasteiger partial charge in [-0.05, 0) is 36.4 Å². The van der Waals surface area contributed by atoms with Crippen LogP contribution in [0.5, 0.6) is 0 Å². The van der Waals surface area contributed by atoms with Gasteiger partial charge >= 0.3 is 6.18 Å². The minimum Gasteiger partial charge on any atom is -0.280 e. The normalized spacial score (nSPS) is 12.3. The molecular formula is C13H7BrCl2F3NO2S. The van der Waals surface area contributed by atoms with E-state index >= 15 is 0 Å². The average Bonchev–Trinajstić information content (AvgIpc) is 2.41. The van der Waals surface area contributed by atoms with Crippen molar-refractivity contribution in [1.29, 1.82) is 0 Å². The minimum atomic E-state index is -4.67. The van der Waals surface area contributed by atoms with Crippen LogP contribution in [0.2, 0.25) is 10.0 Å². The highest BCUT2D eigenvalue weighted by Crippen LogP contribution is 2.34. The quantitative estimate of drug-likeness (QED) is 0.666. The molecule has 0 heterocycles. The number of rotatable bonds is 3. The second kappa shape index (κ2) is 6.51. The van der Waals surface area contributed by atoms with Crippen molar-refractivity contribution in [2.45, 2.75) is 11.1 Å². The predicted octanol–water partition coefficient (Wildman–Crippen LogP) is 5.58. The van der Waals surface area contributed by atoms with E-state index in [-0.39, 0.29) is 20.2 Å². The van der Waals surface area contributed by atoms with Crippen molar-refractivity contribution in [3.05, 3.63) is 56.5 Å². The summed E-state index contributed by atoms with van der Waals surface area (Å²) in [5, 5.41) is 0.327. The van der Waals surface area contributed by atoms with Gasteiger partial charge in [-0.25, -0.2) is 8.42 Å². The van der Waals surface area contributed by atoms with Crippen LogP contribution in [0.1, 0.15) is 5.56 Å². The second-order valence-electron chi connectivity index (χ2n) is 4.41. The SMILES string of the molecule is O=S(=O)(Nc1ccc(Cl)c(Cl)c1)c1cc(Br)cc(C(F)(F)F)c1. The molecule has 0 saturated carbocycles. The van der Waals surface area contributed by atoms with Gasteiger partial charge < -0.3 is 0 Å². The summed E-state index contributed by atoms with van der Waals surface area (Å²) >= 11 is 14.4. The third-order valence-electron chi connectivity index (χ3n) is 2.68. The van der Waals surface area contributed by atoms with Crippen LogP contribution in [0.25, 0.3) is 0 Å². The number of nitrogens with one attached hydrogen (secondary N) is 1. The Kier molecular flexibility index (Phi) is 5.20. The Balaban J connectivity index is 2.43. The number of alkyl halides is 3. The van der Waals surface area contributed by atoms with E-state index in [0.29, 0.717) is 6.07 Å². The monoisotopic (exact) mass is 447 g/mol. The summed E-state index contributed by atoms with van der Waals surface area (Å²) < 4.78 is 65.0. The van der Waals surface area contributed by atoms with Crippen molar-refractivity contribution in [3.8, 4) is 0 Å². The van der Waals surface area contributed by atoms with Crippen LogP contribution >= 0.6 is 39.1 Å². The van der Waals surface area contributed by atoms with Crippen molar-refractivity contribution >= 4 is 54.8 Å². The number of benzene rings is 2. The van der Waals surface area contributed by atoms with E-state index in [9.17, 15) is 21.6 Å². The molecule has 0 fully saturated rings. The molecule has 0 aliphatic rings. The lowest BCUT2D eigenvalue weighted by Gasteiger charge is -2.12. The van der Waals surface area contributed by atoms with Crippen LogP contribution in [0.3, 0.4) is 0 Å². The van der Waals surface area contributed by atoms with Crippen LogP contribution in [-0.4, -0.2) is 8.42 Å². The van der Waals surface area contributed by atoms with E-state index in [0.717, 1.165) is 12.1 Å². The molecule has 2 aromatic rings. The molecule has 0 amide bonds. The summed E-state index contributed by atoms with van der Waals surface area (Å²) in [5.74, 6) is 0. The van der Waals surface area contributed by atoms with Crippen LogP contribution in [0.4, 0.5) is 18.9 Å². The number of sulfonamides is 1. The molecule has 0 saturated heterocycles. The highest BCUT2D eigenvalue weighted by Gasteiger charge is 2.32. The van der Waals surface area contributed by atoms with Gasteiger partial charge in [0.25, 0.3) is 10.0 Å². The minimum absolute atomic E-state index is 0.0122. The molecule has 0 unspecified atom stereocenters. The first-order valence-electron chi connectivity index (χ1n) is 5.85. The number of anilines is 1. The summed E-state index contributed by atoms with van der Waals surface area (Å²) in [4.78, 5) is -0.537. The molecule has 3 nitrogen and oxygen atoms in total. The average molecular weight is 449 g/mol. The van der Waals surface area contributed by atoms with E-state index in [1.165, 1.54) is 18.2 Å². The zero-order chi connectivity index (χ0) is 17.4. The topological polar surface area (TPSA) is 46.2 Å². The first-order chi connectivity index (χ1) is 10.5. The van der Waals surface area contributed by atoms with E-state index in [4.69, 9.17) is 23.2 Å². The Morgan fingerprint density at radius 1 is 1.00 bits per heavy atom. The molecule has 2 aromatic carbocycles. The maximum Gasteiger partial charge on any atom is 0.416 e. The van der Waals surface area contributed by atoms with Crippen LogP contribution in [-0.2, 0) is 16.2 Å². The van der Waals surface area contributed by atoms with Gasteiger partial charge in [0.1, 0.15) is 0 Å². The first-order valence-corrected chi connectivity index (χ1v) is 8.88. The fraction of sp³-hybridized carbons (Fsp3) is 0.0769. The molecule has 0 radical (unpaired) electrons. The summed E-state index contributed by atoms with van der Waals surface area (Å²) in [6.45, 7) is 0. The Bertz CT molecular complexity index is 857. The first kappa shape index (κ1) is 18.4. The lowest BCUT2D eigenvalue weighted by Crippen LogP contribution is -2.15. The maximum absolute atomic E-state index is 12.8. The van der Waals surface area contributed by atoms with Gasteiger partial charge in [0.15, 0.2) is 0 Å². The summed E-state index contributed by atoms with van der Waals surface area (Å²) in [5.41, 5.74) is -1.01. The van der Waals surface area contributed by atoms with E-state index < -0.39 is 26.7 Å². The van der Waals surface area contributed by atoms with Crippen molar-refractivity contribution < 1.29 is 21.6 Å². The van der Waals surface area contributed by atoms with E-state index in [1.807, 2.05) is 0 Å². The van der Waals surface area contributed by atoms with Crippen LogP contribution in [0.15, 0.2) is 45.8 Å². The largest absolute Gasteiger partial charge is 0.416 e. The molecule has 0 bridgehead atoms. The summed E-state index contributed by atoms with van der Waals surface area (Å²) in [6.07, 6.45) is -4.67. The fourth-order valence-corrected chi connectivity index (χ4v) is 3.72. The van der Waals surface area contributed by atoms with Gasteiger partial charge in [-0.3, -0.25) is 4.72 Å². The summed E-state index contributed by atoms with van der Waals surface area (Å²) in [7, 11) is -4.23. The highest BCUT2D eigenvalue weighted by atomic mass is 79.9. The lowest BCUT2D eigenvalue weighted by atomic mass is 10.2. The Morgan fingerprint density at radius 2 is 1.65 bits per heavy atom. The van der Waals surface area contributed by atoms with E-state index in [1.54, 1.807) is 0 Å². The molecule has 2 rings (SSSR count). The Morgan fingerprint density at radius 3 is 2.22 bits per heavy atom. The fourth-order valence-electron chi connectivity index (χ4n) is 1.66. The van der Waals surface area contributed by atoms with Gasteiger partial charge in [-0.15, -0.1) is 0 Å². The molecule has 0 aliphatic carbocycles. The van der Waals surface area contributed by atoms with Crippen molar-refractivity contribution in [3.63, 3.8) is 0 Å². The van der Waals surface area contributed by atoms with Gasteiger partial charge in [0.05, 0.1) is 26.2 Å². The zero-order valence-electron chi connectivity index (χ0n) is 11.0.